The number of carbonyl (C=O) groups excluding carboxylic acids is 1. The summed E-state index contributed by atoms with van der Waals surface area (Å²) in [5.74, 6) is -3.51. The average molecular weight is 304 g/mol. The number of fused-ring (bicyclic) bond motifs is 1. The lowest BCUT2D eigenvalue weighted by molar-refractivity contribution is 0.0889. The van der Waals surface area contributed by atoms with Crippen LogP contribution in [-0.4, -0.2) is 37.9 Å². The standard InChI is InChI=1S/C15H12O7/c16-6-1-12(20)14-13(2-6)22-5-8(15(14)21)7-3-10(18)11(19)4-9(7)17/h1-4,8,16-20H,5H2. The fourth-order valence-electron chi connectivity index (χ4n) is 2.46. The first-order chi connectivity index (χ1) is 10.4. The van der Waals surface area contributed by atoms with Gasteiger partial charge in [0.2, 0.25) is 0 Å². The largest absolute Gasteiger partial charge is 0.508 e. The third-order valence-corrected chi connectivity index (χ3v) is 3.53. The molecule has 3 rings (SSSR count). The van der Waals surface area contributed by atoms with Gasteiger partial charge >= 0.3 is 0 Å². The van der Waals surface area contributed by atoms with E-state index in [4.69, 9.17) is 4.74 Å². The topological polar surface area (TPSA) is 127 Å². The molecular weight excluding hydrogens is 292 g/mol. The smallest absolute Gasteiger partial charge is 0.181 e. The van der Waals surface area contributed by atoms with Gasteiger partial charge in [-0.05, 0) is 6.07 Å². The van der Waals surface area contributed by atoms with Gasteiger partial charge in [-0.1, -0.05) is 0 Å². The van der Waals surface area contributed by atoms with Crippen molar-refractivity contribution in [2.24, 2.45) is 0 Å². The van der Waals surface area contributed by atoms with Crippen LogP contribution < -0.4 is 4.74 Å². The SMILES string of the molecule is O=C1c2c(O)cc(O)cc2OCC1c1cc(O)c(O)cc1O. The quantitative estimate of drug-likeness (QED) is 0.399. The van der Waals surface area contributed by atoms with Crippen molar-refractivity contribution in [2.45, 2.75) is 5.92 Å². The molecule has 7 heteroatoms. The van der Waals surface area contributed by atoms with Gasteiger partial charge in [-0.25, -0.2) is 0 Å². The molecule has 0 amide bonds. The van der Waals surface area contributed by atoms with Crippen LogP contribution in [0, 0.1) is 0 Å². The maximum absolute atomic E-state index is 12.5. The second kappa shape index (κ2) is 4.73. The Morgan fingerprint density at radius 3 is 2.27 bits per heavy atom. The van der Waals surface area contributed by atoms with Gasteiger partial charge in [-0.3, -0.25) is 4.79 Å². The third-order valence-electron chi connectivity index (χ3n) is 3.53. The average Bonchev–Trinajstić information content (AvgIpc) is 2.43. The number of rotatable bonds is 1. The summed E-state index contributed by atoms with van der Waals surface area (Å²) in [7, 11) is 0. The molecule has 0 spiro atoms. The van der Waals surface area contributed by atoms with Gasteiger partial charge < -0.3 is 30.3 Å². The number of phenolic OH excluding ortho intramolecular Hbond substituents is 5. The minimum Gasteiger partial charge on any atom is -0.508 e. The van der Waals surface area contributed by atoms with Crippen molar-refractivity contribution >= 4 is 5.78 Å². The normalized spacial score (nSPS) is 16.9. The predicted octanol–water partition coefficient (Wildman–Crippen LogP) is 1.57. The van der Waals surface area contributed by atoms with Gasteiger partial charge in [-0.2, -0.15) is 0 Å². The van der Waals surface area contributed by atoms with Crippen LogP contribution in [0.15, 0.2) is 24.3 Å². The molecular formula is C15H12O7. The van der Waals surface area contributed by atoms with Gasteiger partial charge in [-0.15, -0.1) is 0 Å². The van der Waals surface area contributed by atoms with Gasteiger partial charge in [0.15, 0.2) is 17.3 Å². The third kappa shape index (κ3) is 2.03. The van der Waals surface area contributed by atoms with E-state index in [1.165, 1.54) is 6.07 Å². The van der Waals surface area contributed by atoms with Crippen LogP contribution in [0.25, 0.3) is 0 Å². The molecule has 114 valence electrons. The highest BCUT2D eigenvalue weighted by atomic mass is 16.5. The van der Waals surface area contributed by atoms with Crippen molar-refractivity contribution in [3.05, 3.63) is 35.4 Å². The molecule has 22 heavy (non-hydrogen) atoms. The molecule has 0 saturated heterocycles. The molecule has 0 bridgehead atoms. The zero-order chi connectivity index (χ0) is 16.0. The van der Waals surface area contributed by atoms with Crippen molar-refractivity contribution in [3.63, 3.8) is 0 Å². The van der Waals surface area contributed by atoms with Crippen molar-refractivity contribution in [1.29, 1.82) is 0 Å². The van der Waals surface area contributed by atoms with Crippen LogP contribution in [0.1, 0.15) is 21.8 Å². The summed E-state index contributed by atoms with van der Waals surface area (Å²) in [6.45, 7) is -0.146. The number of aromatic hydroxyl groups is 5. The van der Waals surface area contributed by atoms with E-state index < -0.39 is 28.9 Å². The summed E-state index contributed by atoms with van der Waals surface area (Å²) < 4.78 is 5.35. The van der Waals surface area contributed by atoms with Crippen LogP contribution in [0.5, 0.6) is 34.5 Å². The fraction of sp³-hybridized carbons (Fsp3) is 0.133. The first-order valence-electron chi connectivity index (χ1n) is 6.36. The molecule has 7 nitrogen and oxygen atoms in total. The number of ether oxygens (including phenoxy) is 1. The Kier molecular flexibility index (Phi) is 2.98. The van der Waals surface area contributed by atoms with E-state index in [2.05, 4.69) is 0 Å². The number of Topliss-reactive ketones (excluding diaryl/α,β-unsaturated/α-hetero) is 1. The molecule has 1 aliphatic heterocycles. The molecule has 1 aliphatic rings. The van der Waals surface area contributed by atoms with E-state index >= 15 is 0 Å². The summed E-state index contributed by atoms with van der Waals surface area (Å²) in [5, 5.41) is 47.9. The Hall–Kier alpha value is -3.09. The van der Waals surface area contributed by atoms with Crippen LogP contribution in [0.4, 0.5) is 0 Å². The van der Waals surface area contributed by atoms with Gasteiger partial charge in [0.25, 0.3) is 0 Å². The van der Waals surface area contributed by atoms with Gasteiger partial charge in [0.1, 0.15) is 35.2 Å². The van der Waals surface area contributed by atoms with E-state index in [1.54, 1.807) is 0 Å². The second-order valence-electron chi connectivity index (χ2n) is 4.97. The highest BCUT2D eigenvalue weighted by Crippen LogP contribution is 2.43. The summed E-state index contributed by atoms with van der Waals surface area (Å²) >= 11 is 0. The van der Waals surface area contributed by atoms with Crippen LogP contribution in [0.3, 0.4) is 0 Å². The number of benzene rings is 2. The van der Waals surface area contributed by atoms with Crippen molar-refractivity contribution in [3.8, 4) is 34.5 Å². The van der Waals surface area contributed by atoms with E-state index in [0.29, 0.717) is 0 Å². The molecule has 0 aliphatic carbocycles. The monoisotopic (exact) mass is 304 g/mol. The minimum atomic E-state index is -0.963. The maximum atomic E-state index is 12.5. The Morgan fingerprint density at radius 1 is 0.864 bits per heavy atom. The van der Waals surface area contributed by atoms with Crippen molar-refractivity contribution in [1.82, 2.24) is 0 Å². The minimum absolute atomic E-state index is 0.0428. The second-order valence-corrected chi connectivity index (χ2v) is 4.97. The van der Waals surface area contributed by atoms with Crippen LogP contribution in [0.2, 0.25) is 0 Å². The van der Waals surface area contributed by atoms with Crippen molar-refractivity contribution < 1.29 is 35.1 Å². The highest BCUT2D eigenvalue weighted by molar-refractivity contribution is 6.06. The number of ketones is 1. The molecule has 1 heterocycles. The van der Waals surface area contributed by atoms with E-state index in [9.17, 15) is 30.3 Å². The molecule has 1 unspecified atom stereocenters. The Balaban J connectivity index is 2.09. The van der Waals surface area contributed by atoms with Gasteiger partial charge in [0.05, 0.1) is 5.92 Å². The summed E-state index contributed by atoms with van der Waals surface area (Å²) in [6.07, 6.45) is 0. The first-order valence-corrected chi connectivity index (χ1v) is 6.36. The van der Waals surface area contributed by atoms with Crippen LogP contribution in [-0.2, 0) is 0 Å². The molecule has 5 N–H and O–H groups in total. The van der Waals surface area contributed by atoms with E-state index in [1.807, 2.05) is 0 Å². The number of carbonyl (C=O) groups is 1. The van der Waals surface area contributed by atoms with Gasteiger partial charge in [0, 0.05) is 23.8 Å². The zero-order valence-electron chi connectivity index (χ0n) is 11.1. The molecule has 0 aromatic heterocycles. The Morgan fingerprint density at radius 2 is 1.55 bits per heavy atom. The zero-order valence-corrected chi connectivity index (χ0v) is 11.1. The lowest BCUT2D eigenvalue weighted by Gasteiger charge is -2.25. The lowest BCUT2D eigenvalue weighted by atomic mass is 9.87. The molecule has 1 atom stereocenters. The highest BCUT2D eigenvalue weighted by Gasteiger charge is 2.35. The summed E-state index contributed by atoms with van der Waals surface area (Å²) in [5.41, 5.74) is -0.0422. The number of hydrogen-bond donors (Lipinski definition) is 5. The molecule has 2 aromatic carbocycles. The fourth-order valence-corrected chi connectivity index (χ4v) is 2.46. The molecule has 0 radical (unpaired) electrons. The Labute approximate surface area is 124 Å². The Bertz CT molecular complexity index is 782. The molecule has 2 aromatic rings. The number of hydrogen-bond acceptors (Lipinski definition) is 7. The predicted molar refractivity (Wildman–Crippen MR) is 73.8 cm³/mol. The van der Waals surface area contributed by atoms with Crippen LogP contribution >= 0.6 is 0 Å². The number of phenols is 5. The molecule has 0 fully saturated rings. The van der Waals surface area contributed by atoms with Crippen molar-refractivity contribution in [2.75, 3.05) is 6.61 Å². The first kappa shape index (κ1) is 13.9. The maximum Gasteiger partial charge on any atom is 0.181 e. The summed E-state index contributed by atoms with van der Waals surface area (Å²) in [6, 6.07) is 4.21. The summed E-state index contributed by atoms with van der Waals surface area (Å²) in [4.78, 5) is 12.5. The lowest BCUT2D eigenvalue weighted by Crippen LogP contribution is -2.26. The molecule has 0 saturated carbocycles. The van der Waals surface area contributed by atoms with E-state index in [-0.39, 0.29) is 35.0 Å². The van der Waals surface area contributed by atoms with E-state index in [0.717, 1.165) is 18.2 Å².